The van der Waals surface area contributed by atoms with Gasteiger partial charge in [0.2, 0.25) is 11.7 Å². The van der Waals surface area contributed by atoms with Crippen LogP contribution in [0.5, 0.6) is 0 Å². The van der Waals surface area contributed by atoms with E-state index in [9.17, 15) is 19.2 Å². The first-order valence-corrected chi connectivity index (χ1v) is 10.9. The van der Waals surface area contributed by atoms with Crippen molar-refractivity contribution in [2.45, 2.75) is 66.0 Å². The zero-order valence-corrected chi connectivity index (χ0v) is 20.5. The molecule has 0 unspecified atom stereocenters. The first-order valence-electron chi connectivity index (χ1n) is 10.9. The molecule has 0 saturated carbocycles. The average molecular weight is 475 g/mol. The van der Waals surface area contributed by atoms with Crippen molar-refractivity contribution in [3.63, 3.8) is 0 Å². The number of nitrogens with two attached hydrogens (primary N) is 2. The summed E-state index contributed by atoms with van der Waals surface area (Å²) in [4.78, 5) is 54.2. The van der Waals surface area contributed by atoms with E-state index in [1.807, 2.05) is 20.8 Å². The quantitative estimate of drug-likeness (QED) is 0.521. The number of carbonyl (C=O) groups is 4. The maximum Gasteiger partial charge on any atom is 0.429 e. The number of hydrazine groups is 1. The second-order valence-electron chi connectivity index (χ2n) is 10.3. The summed E-state index contributed by atoms with van der Waals surface area (Å²) in [5.74, 6) is -2.12. The second-order valence-corrected chi connectivity index (χ2v) is 10.3. The van der Waals surface area contributed by atoms with Gasteiger partial charge in [-0.1, -0.05) is 32.9 Å². The van der Waals surface area contributed by atoms with Crippen molar-refractivity contribution >= 4 is 34.8 Å². The van der Waals surface area contributed by atoms with E-state index < -0.39 is 35.5 Å². The predicted molar refractivity (Wildman–Crippen MR) is 126 cm³/mol. The van der Waals surface area contributed by atoms with Crippen molar-refractivity contribution in [1.82, 2.24) is 20.0 Å². The van der Waals surface area contributed by atoms with Gasteiger partial charge in [0.25, 0.3) is 11.8 Å². The number of primary amides is 2. The summed E-state index contributed by atoms with van der Waals surface area (Å²) in [5.41, 5.74) is 13.2. The number of carbonyl (C=O) groups excluding carboxylic acids is 4. The fraction of sp³-hybridized carbons (Fsp3) is 0.522. The van der Waals surface area contributed by atoms with Crippen molar-refractivity contribution in [2.75, 3.05) is 6.54 Å². The highest BCUT2D eigenvalue weighted by molar-refractivity contribution is 5.95. The van der Waals surface area contributed by atoms with E-state index >= 15 is 0 Å². The number of hydrogen-bond donors (Lipinski definition) is 3. The Morgan fingerprint density at radius 2 is 1.71 bits per heavy atom. The molecule has 34 heavy (non-hydrogen) atoms. The van der Waals surface area contributed by atoms with E-state index in [4.69, 9.17) is 16.2 Å². The number of hydrogen-bond acceptors (Lipinski definition) is 6. The molecule has 0 bridgehead atoms. The van der Waals surface area contributed by atoms with Gasteiger partial charge in [-0.15, -0.1) is 0 Å². The molecule has 2 rings (SSSR count). The predicted octanol–water partition coefficient (Wildman–Crippen LogP) is 2.26. The third kappa shape index (κ3) is 7.19. The summed E-state index contributed by atoms with van der Waals surface area (Å²) in [6, 6.07) is 6.02. The van der Waals surface area contributed by atoms with E-state index in [-0.39, 0.29) is 30.6 Å². The monoisotopic (exact) mass is 474 g/mol. The van der Waals surface area contributed by atoms with Crippen LogP contribution in [0.2, 0.25) is 0 Å². The average Bonchev–Trinajstić information content (AvgIpc) is 3.06. The Bertz CT molecular complexity index is 1080. The van der Waals surface area contributed by atoms with E-state index in [0.29, 0.717) is 11.0 Å². The molecule has 0 saturated heterocycles. The molecule has 0 fully saturated rings. The molecule has 11 nitrogen and oxygen atoms in total. The van der Waals surface area contributed by atoms with Crippen molar-refractivity contribution in [3.8, 4) is 0 Å². The topological polar surface area (TPSA) is 163 Å². The van der Waals surface area contributed by atoms with Crippen LogP contribution in [0.1, 0.15) is 71.0 Å². The number of aromatic nitrogens is 2. The molecular formula is C23H34N6O5. The highest BCUT2D eigenvalue weighted by Crippen LogP contribution is 2.32. The number of nitrogens with one attached hydrogen (secondary N) is 1. The Hall–Kier alpha value is -3.63. The Kier molecular flexibility index (Phi) is 7.91. The van der Waals surface area contributed by atoms with Crippen molar-refractivity contribution < 1.29 is 23.9 Å². The number of benzene rings is 1. The molecule has 4 amide bonds. The Morgan fingerprint density at radius 3 is 2.24 bits per heavy atom. The van der Waals surface area contributed by atoms with Gasteiger partial charge in [-0.3, -0.25) is 19.8 Å². The molecule has 5 N–H and O–H groups in total. The van der Waals surface area contributed by atoms with Crippen molar-refractivity contribution in [1.29, 1.82) is 0 Å². The summed E-state index contributed by atoms with van der Waals surface area (Å²) < 4.78 is 6.85. The minimum Gasteiger partial charge on any atom is -0.442 e. The lowest BCUT2D eigenvalue weighted by atomic mass is 9.87. The molecule has 0 spiro atoms. The molecule has 0 aliphatic carbocycles. The van der Waals surface area contributed by atoms with E-state index in [0.717, 1.165) is 5.01 Å². The van der Waals surface area contributed by atoms with Crippen LogP contribution in [0, 0.1) is 5.41 Å². The maximum atomic E-state index is 13.6. The first kappa shape index (κ1) is 26.6. The van der Waals surface area contributed by atoms with E-state index in [1.54, 1.807) is 45.0 Å². The van der Waals surface area contributed by atoms with Gasteiger partial charge >= 0.3 is 6.09 Å². The highest BCUT2D eigenvalue weighted by Gasteiger charge is 2.33. The molecule has 1 heterocycles. The third-order valence-electron chi connectivity index (χ3n) is 4.68. The third-order valence-corrected chi connectivity index (χ3v) is 4.68. The SMILES string of the molecule is CC(C)(C)C[C@@H](C(=O)NN(CCC(N)=O)C(=O)OC(C)(C)C)n1c(C(N)=O)nc2ccccc21. The number of rotatable bonds is 7. The zero-order chi connectivity index (χ0) is 25.8. The summed E-state index contributed by atoms with van der Waals surface area (Å²) in [7, 11) is 0. The normalized spacial score (nSPS) is 12.8. The lowest BCUT2D eigenvalue weighted by Crippen LogP contribution is -2.51. The molecule has 0 radical (unpaired) electrons. The second kappa shape index (κ2) is 10.1. The number of para-hydroxylation sites is 2. The summed E-state index contributed by atoms with van der Waals surface area (Å²) in [6.07, 6.45) is -0.747. The molecule has 11 heteroatoms. The number of fused-ring (bicyclic) bond motifs is 1. The van der Waals surface area contributed by atoms with Gasteiger partial charge in [-0.2, -0.15) is 0 Å². The number of imidazole rings is 1. The van der Waals surface area contributed by atoms with Gasteiger partial charge in [0, 0.05) is 6.42 Å². The molecule has 2 aromatic rings. The maximum absolute atomic E-state index is 13.6. The summed E-state index contributed by atoms with van der Waals surface area (Å²) in [6.45, 7) is 10.7. The molecule has 0 aliphatic heterocycles. The molecule has 1 aromatic carbocycles. The highest BCUT2D eigenvalue weighted by atomic mass is 16.6. The Labute approximate surface area is 198 Å². The van der Waals surface area contributed by atoms with Gasteiger partial charge < -0.3 is 20.8 Å². The largest absolute Gasteiger partial charge is 0.442 e. The lowest BCUT2D eigenvalue weighted by molar-refractivity contribution is -0.130. The Morgan fingerprint density at radius 1 is 1.09 bits per heavy atom. The van der Waals surface area contributed by atoms with Crippen LogP contribution in [-0.4, -0.2) is 50.5 Å². The molecule has 186 valence electrons. The molecule has 0 aliphatic rings. The van der Waals surface area contributed by atoms with Gasteiger partial charge in [0.05, 0.1) is 17.6 Å². The van der Waals surface area contributed by atoms with Crippen molar-refractivity contribution in [2.24, 2.45) is 16.9 Å². The zero-order valence-electron chi connectivity index (χ0n) is 20.5. The smallest absolute Gasteiger partial charge is 0.429 e. The Balaban J connectivity index is 2.52. The molecule has 1 atom stereocenters. The van der Waals surface area contributed by atoms with E-state index in [2.05, 4.69) is 10.4 Å². The van der Waals surface area contributed by atoms with Gasteiger partial charge in [-0.05, 0) is 44.7 Å². The van der Waals surface area contributed by atoms with E-state index in [1.165, 1.54) is 4.57 Å². The number of nitrogens with zero attached hydrogens (tertiary/aromatic N) is 3. The van der Waals surface area contributed by atoms with Crippen LogP contribution in [0.4, 0.5) is 4.79 Å². The van der Waals surface area contributed by atoms with Gasteiger partial charge in [0.15, 0.2) is 0 Å². The fourth-order valence-corrected chi connectivity index (χ4v) is 3.35. The van der Waals surface area contributed by atoms with Gasteiger partial charge in [0.1, 0.15) is 11.6 Å². The summed E-state index contributed by atoms with van der Waals surface area (Å²) in [5, 5.41) is 0.914. The standard InChI is InChI=1S/C23H34N6O5/c1-22(2,3)13-16(29-15-10-8-7-9-14(15)26-19(29)18(25)31)20(32)27-28(12-11-17(24)30)21(33)34-23(4,5)6/h7-10,16H,11-13H2,1-6H3,(H2,24,30)(H2,25,31)(H,27,32)/t16-/m0/s1. The minimum atomic E-state index is -0.951. The van der Waals surface area contributed by atoms with Crippen LogP contribution in [0.25, 0.3) is 11.0 Å². The van der Waals surface area contributed by atoms with Crippen LogP contribution in [0.3, 0.4) is 0 Å². The minimum absolute atomic E-state index is 0.0773. The van der Waals surface area contributed by atoms with Crippen molar-refractivity contribution in [3.05, 3.63) is 30.1 Å². The fourth-order valence-electron chi connectivity index (χ4n) is 3.35. The number of amides is 4. The molecular weight excluding hydrogens is 440 g/mol. The van der Waals surface area contributed by atoms with Crippen LogP contribution >= 0.6 is 0 Å². The van der Waals surface area contributed by atoms with Gasteiger partial charge in [-0.25, -0.2) is 14.8 Å². The molecule has 1 aromatic heterocycles. The van der Waals surface area contributed by atoms with Crippen LogP contribution in [0.15, 0.2) is 24.3 Å². The number of ether oxygens (including phenoxy) is 1. The van der Waals surface area contributed by atoms with Crippen LogP contribution in [-0.2, 0) is 14.3 Å². The van der Waals surface area contributed by atoms with Crippen LogP contribution < -0.4 is 16.9 Å². The summed E-state index contributed by atoms with van der Waals surface area (Å²) >= 11 is 0. The first-order chi connectivity index (χ1) is 15.6. The lowest BCUT2D eigenvalue weighted by Gasteiger charge is -2.31.